The topological polar surface area (TPSA) is 39.2 Å². The molecule has 0 amide bonds. The van der Waals surface area contributed by atoms with Crippen molar-refractivity contribution in [1.82, 2.24) is 0 Å². The summed E-state index contributed by atoms with van der Waals surface area (Å²) in [5, 5.41) is 1.14. The van der Waals surface area contributed by atoms with Crippen molar-refractivity contribution in [3.63, 3.8) is 0 Å². The van der Waals surface area contributed by atoms with E-state index >= 15 is 0 Å². The fourth-order valence-electron chi connectivity index (χ4n) is 1.91. The highest BCUT2D eigenvalue weighted by Crippen LogP contribution is 2.37. The van der Waals surface area contributed by atoms with E-state index < -0.39 is 0 Å². The Bertz CT molecular complexity index is 551. The third-order valence-corrected chi connectivity index (χ3v) is 3.65. The molecule has 0 saturated carbocycles. The van der Waals surface area contributed by atoms with E-state index in [1.165, 1.54) is 0 Å². The number of hydrogen-bond acceptors (Lipinski definition) is 2. The number of rotatable bonds is 1. The molecule has 0 spiro atoms. The molecular weight excluding hydrogens is 278 g/mol. The standard InChI is InChI=1S/C14H18BrNO/c1-8-10-6-5-9(15)7-11(10)17-12(8)13(16)14(2,3)4/h5-7,13H,16H2,1-4H3. The summed E-state index contributed by atoms with van der Waals surface area (Å²) in [4.78, 5) is 0. The molecular formula is C14H18BrNO. The number of aryl methyl sites for hydroxylation is 1. The summed E-state index contributed by atoms with van der Waals surface area (Å²) in [5.74, 6) is 0.894. The summed E-state index contributed by atoms with van der Waals surface area (Å²) in [6.07, 6.45) is 0. The van der Waals surface area contributed by atoms with Crippen LogP contribution in [0.4, 0.5) is 0 Å². The lowest BCUT2D eigenvalue weighted by Crippen LogP contribution is -2.26. The molecule has 3 heteroatoms. The Hall–Kier alpha value is -0.800. The van der Waals surface area contributed by atoms with Gasteiger partial charge in [-0.3, -0.25) is 0 Å². The van der Waals surface area contributed by atoms with E-state index in [0.717, 1.165) is 26.8 Å². The Morgan fingerprint density at radius 3 is 2.53 bits per heavy atom. The number of benzene rings is 1. The van der Waals surface area contributed by atoms with Gasteiger partial charge in [0.1, 0.15) is 11.3 Å². The van der Waals surface area contributed by atoms with Gasteiger partial charge >= 0.3 is 0 Å². The summed E-state index contributed by atoms with van der Waals surface area (Å²) in [6, 6.07) is 5.99. The summed E-state index contributed by atoms with van der Waals surface area (Å²) < 4.78 is 6.94. The molecule has 92 valence electrons. The molecule has 2 N–H and O–H groups in total. The van der Waals surface area contributed by atoms with E-state index in [-0.39, 0.29) is 11.5 Å². The van der Waals surface area contributed by atoms with E-state index in [1.807, 2.05) is 12.1 Å². The maximum atomic E-state index is 6.27. The highest BCUT2D eigenvalue weighted by molar-refractivity contribution is 9.10. The van der Waals surface area contributed by atoms with E-state index in [4.69, 9.17) is 10.2 Å². The molecule has 1 heterocycles. The lowest BCUT2D eigenvalue weighted by molar-refractivity contribution is 0.289. The zero-order valence-electron chi connectivity index (χ0n) is 10.7. The minimum absolute atomic E-state index is 0.00410. The van der Waals surface area contributed by atoms with Gasteiger partial charge in [-0.05, 0) is 36.1 Å². The summed E-state index contributed by atoms with van der Waals surface area (Å²) in [7, 11) is 0. The molecule has 1 atom stereocenters. The van der Waals surface area contributed by atoms with Crippen LogP contribution in [0.1, 0.15) is 38.1 Å². The van der Waals surface area contributed by atoms with Crippen LogP contribution in [0.2, 0.25) is 0 Å². The minimum Gasteiger partial charge on any atom is -0.459 e. The molecule has 1 aromatic carbocycles. The first kappa shape index (κ1) is 12.7. The third-order valence-electron chi connectivity index (χ3n) is 3.15. The monoisotopic (exact) mass is 295 g/mol. The molecule has 0 fully saturated rings. The van der Waals surface area contributed by atoms with Gasteiger partial charge in [0.2, 0.25) is 0 Å². The molecule has 0 aliphatic rings. The van der Waals surface area contributed by atoms with Gasteiger partial charge in [0.15, 0.2) is 0 Å². The first-order valence-electron chi connectivity index (χ1n) is 5.75. The smallest absolute Gasteiger partial charge is 0.135 e. The highest BCUT2D eigenvalue weighted by Gasteiger charge is 2.27. The Balaban J connectivity index is 2.60. The molecule has 0 saturated heterocycles. The molecule has 17 heavy (non-hydrogen) atoms. The fourth-order valence-corrected chi connectivity index (χ4v) is 2.25. The second kappa shape index (κ2) is 4.14. The lowest BCUT2D eigenvalue weighted by Gasteiger charge is -2.25. The van der Waals surface area contributed by atoms with Gasteiger partial charge in [-0.15, -0.1) is 0 Å². The maximum Gasteiger partial charge on any atom is 0.135 e. The van der Waals surface area contributed by atoms with Gasteiger partial charge in [0.05, 0.1) is 6.04 Å². The predicted octanol–water partition coefficient (Wildman–Crippen LogP) is 4.55. The average molecular weight is 296 g/mol. The largest absolute Gasteiger partial charge is 0.459 e. The lowest BCUT2D eigenvalue weighted by atomic mass is 9.85. The molecule has 0 bridgehead atoms. The van der Waals surface area contributed by atoms with Gasteiger partial charge in [0.25, 0.3) is 0 Å². The van der Waals surface area contributed by atoms with Crippen LogP contribution in [0.25, 0.3) is 11.0 Å². The normalized spacial score (nSPS) is 14.2. The van der Waals surface area contributed by atoms with Crippen LogP contribution in [0, 0.1) is 12.3 Å². The Kier molecular flexibility index (Phi) is 3.08. The first-order chi connectivity index (χ1) is 7.80. The van der Waals surface area contributed by atoms with Crippen LogP contribution >= 0.6 is 15.9 Å². The van der Waals surface area contributed by atoms with Gasteiger partial charge in [-0.25, -0.2) is 0 Å². The van der Waals surface area contributed by atoms with Crippen molar-refractivity contribution in [2.45, 2.75) is 33.7 Å². The minimum atomic E-state index is -0.0892. The molecule has 1 unspecified atom stereocenters. The Labute approximate surface area is 110 Å². The van der Waals surface area contributed by atoms with Crippen LogP contribution in [-0.4, -0.2) is 0 Å². The first-order valence-corrected chi connectivity index (χ1v) is 6.54. The molecule has 0 aliphatic carbocycles. The second-order valence-electron chi connectivity index (χ2n) is 5.58. The molecule has 2 aromatic rings. The average Bonchev–Trinajstić information content (AvgIpc) is 2.53. The van der Waals surface area contributed by atoms with Crippen molar-refractivity contribution < 1.29 is 4.42 Å². The summed E-state index contributed by atoms with van der Waals surface area (Å²) in [5.41, 5.74) is 8.31. The zero-order valence-corrected chi connectivity index (χ0v) is 12.3. The summed E-state index contributed by atoms with van der Waals surface area (Å²) >= 11 is 3.45. The van der Waals surface area contributed by atoms with Crippen molar-refractivity contribution in [3.8, 4) is 0 Å². The van der Waals surface area contributed by atoms with E-state index in [9.17, 15) is 0 Å². The summed E-state index contributed by atoms with van der Waals surface area (Å²) in [6.45, 7) is 8.45. The van der Waals surface area contributed by atoms with Crippen molar-refractivity contribution in [1.29, 1.82) is 0 Å². The van der Waals surface area contributed by atoms with E-state index in [0.29, 0.717) is 0 Å². The molecule has 0 aliphatic heterocycles. The van der Waals surface area contributed by atoms with Gasteiger partial charge < -0.3 is 10.2 Å². The van der Waals surface area contributed by atoms with Gasteiger partial charge in [-0.1, -0.05) is 36.7 Å². The van der Waals surface area contributed by atoms with Crippen molar-refractivity contribution in [2.75, 3.05) is 0 Å². The number of hydrogen-bond donors (Lipinski definition) is 1. The van der Waals surface area contributed by atoms with Crippen LogP contribution < -0.4 is 5.73 Å². The molecule has 0 radical (unpaired) electrons. The molecule has 2 nitrogen and oxygen atoms in total. The van der Waals surface area contributed by atoms with Crippen LogP contribution in [0.3, 0.4) is 0 Å². The Morgan fingerprint density at radius 2 is 1.94 bits per heavy atom. The van der Waals surface area contributed by atoms with Crippen LogP contribution in [0.15, 0.2) is 27.1 Å². The van der Waals surface area contributed by atoms with Crippen molar-refractivity contribution >= 4 is 26.9 Å². The quantitative estimate of drug-likeness (QED) is 0.838. The van der Waals surface area contributed by atoms with Crippen molar-refractivity contribution in [2.24, 2.45) is 11.1 Å². The molecule has 1 aromatic heterocycles. The molecule has 2 rings (SSSR count). The van der Waals surface area contributed by atoms with Crippen molar-refractivity contribution in [3.05, 3.63) is 34.0 Å². The number of fused-ring (bicyclic) bond motifs is 1. The number of nitrogens with two attached hydrogens (primary N) is 1. The zero-order chi connectivity index (χ0) is 12.8. The highest BCUT2D eigenvalue weighted by atomic mass is 79.9. The van der Waals surface area contributed by atoms with Crippen LogP contribution in [-0.2, 0) is 0 Å². The van der Waals surface area contributed by atoms with Gasteiger partial charge in [-0.2, -0.15) is 0 Å². The third kappa shape index (κ3) is 2.26. The predicted molar refractivity (Wildman–Crippen MR) is 75.0 cm³/mol. The second-order valence-corrected chi connectivity index (χ2v) is 6.49. The Morgan fingerprint density at radius 1 is 1.29 bits per heavy atom. The van der Waals surface area contributed by atoms with Crippen LogP contribution in [0.5, 0.6) is 0 Å². The number of halogens is 1. The van der Waals surface area contributed by atoms with E-state index in [2.05, 4.69) is 49.7 Å². The fraction of sp³-hybridized carbons (Fsp3) is 0.429. The van der Waals surface area contributed by atoms with Gasteiger partial charge in [0, 0.05) is 9.86 Å². The maximum absolute atomic E-state index is 6.27. The van der Waals surface area contributed by atoms with E-state index in [1.54, 1.807) is 0 Å². The SMILES string of the molecule is Cc1c(C(N)C(C)(C)C)oc2cc(Br)ccc12. The number of furan rings is 1.